The number of hydrogen-bond acceptors (Lipinski definition) is 5. The largest absolute Gasteiger partial charge is 0.455 e. The Balaban J connectivity index is 1.74. The van der Waals surface area contributed by atoms with Crippen LogP contribution in [0.2, 0.25) is 10.0 Å². The summed E-state index contributed by atoms with van der Waals surface area (Å²) < 4.78 is 8.15. The molecule has 30 heavy (non-hydrogen) atoms. The number of aryl methyl sites for hydroxylation is 2. The molecule has 156 valence electrons. The first-order chi connectivity index (χ1) is 14.2. The molecule has 0 atom stereocenters. The average Bonchev–Trinajstić information content (AvgIpc) is 3.00. The molecule has 3 rings (SSSR count). The summed E-state index contributed by atoms with van der Waals surface area (Å²) in [6.45, 7) is 2.20. The summed E-state index contributed by atoms with van der Waals surface area (Å²) in [4.78, 5) is 23.0. The Kier molecular flexibility index (Phi) is 6.96. The fourth-order valence-electron chi connectivity index (χ4n) is 2.55. The van der Waals surface area contributed by atoms with Gasteiger partial charge in [-0.3, -0.25) is 19.6 Å². The van der Waals surface area contributed by atoms with Crippen molar-refractivity contribution in [2.75, 3.05) is 5.32 Å². The van der Waals surface area contributed by atoms with Crippen LogP contribution in [0.4, 0.5) is 11.4 Å². The quantitative estimate of drug-likeness (QED) is 0.309. The van der Waals surface area contributed by atoms with E-state index in [0.717, 1.165) is 10.2 Å². The van der Waals surface area contributed by atoms with E-state index < -0.39 is 4.92 Å². The number of ether oxygens (including phenoxy) is 1. The van der Waals surface area contributed by atoms with Crippen molar-refractivity contribution in [3.63, 3.8) is 0 Å². The van der Waals surface area contributed by atoms with Gasteiger partial charge in [-0.2, -0.15) is 5.10 Å². The third-order valence-corrected chi connectivity index (χ3v) is 5.27. The van der Waals surface area contributed by atoms with E-state index in [0.29, 0.717) is 11.6 Å². The topological polar surface area (TPSA) is 99.3 Å². The number of hydrogen-bond donors (Lipinski definition) is 1. The lowest BCUT2D eigenvalue weighted by atomic mass is 10.2. The summed E-state index contributed by atoms with van der Waals surface area (Å²) in [6.07, 6.45) is 1.91. The van der Waals surface area contributed by atoms with Gasteiger partial charge in [-0.05, 0) is 41.1 Å². The van der Waals surface area contributed by atoms with E-state index in [2.05, 4.69) is 26.3 Å². The number of anilines is 1. The van der Waals surface area contributed by atoms with E-state index in [-0.39, 0.29) is 40.2 Å². The maximum absolute atomic E-state index is 12.3. The smallest absolute Gasteiger partial charge is 0.275 e. The summed E-state index contributed by atoms with van der Waals surface area (Å²) in [6, 6.07) is 8.59. The van der Waals surface area contributed by atoms with Gasteiger partial charge in [-0.15, -0.1) is 0 Å². The molecule has 3 aromatic rings. The molecule has 0 radical (unpaired) electrons. The lowest BCUT2D eigenvalue weighted by Crippen LogP contribution is -2.15. The van der Waals surface area contributed by atoms with E-state index in [1.807, 2.05) is 6.92 Å². The Hall–Kier alpha value is -2.62. The zero-order valence-corrected chi connectivity index (χ0v) is 18.7. The SMILES string of the molecule is Cc1nn(CCC(=O)Nc2cc(Oc3ccc(Cl)cc3Cl)cc([N+](=O)[O-])c2)cc1Br. The fourth-order valence-corrected chi connectivity index (χ4v) is 3.32. The zero-order chi connectivity index (χ0) is 21.8. The van der Waals surface area contributed by atoms with Crippen LogP contribution in [-0.2, 0) is 11.3 Å². The zero-order valence-electron chi connectivity index (χ0n) is 15.6. The van der Waals surface area contributed by atoms with Crippen molar-refractivity contribution in [2.24, 2.45) is 0 Å². The Bertz CT molecular complexity index is 1100. The maximum atomic E-state index is 12.3. The van der Waals surface area contributed by atoms with Gasteiger partial charge in [0.25, 0.3) is 5.69 Å². The van der Waals surface area contributed by atoms with Crippen LogP contribution < -0.4 is 10.1 Å². The predicted octanol–water partition coefficient (Wildman–Crippen LogP) is 5.99. The molecular formula is C19H15BrCl2N4O4. The summed E-state index contributed by atoms with van der Waals surface area (Å²) in [7, 11) is 0. The number of nitro benzene ring substituents is 1. The number of non-ortho nitro benzene ring substituents is 1. The minimum Gasteiger partial charge on any atom is -0.455 e. The normalized spacial score (nSPS) is 10.7. The fraction of sp³-hybridized carbons (Fsp3) is 0.158. The van der Waals surface area contributed by atoms with Crippen molar-refractivity contribution >= 4 is 56.4 Å². The van der Waals surface area contributed by atoms with Gasteiger partial charge in [0.15, 0.2) is 0 Å². The Labute approximate surface area is 190 Å². The van der Waals surface area contributed by atoms with Gasteiger partial charge in [0.1, 0.15) is 11.5 Å². The van der Waals surface area contributed by atoms with Crippen LogP contribution in [0, 0.1) is 17.0 Å². The lowest BCUT2D eigenvalue weighted by molar-refractivity contribution is -0.384. The van der Waals surface area contributed by atoms with E-state index in [1.54, 1.807) is 23.0 Å². The minimum atomic E-state index is -0.573. The molecule has 0 aliphatic heterocycles. The molecule has 2 aromatic carbocycles. The van der Waals surface area contributed by atoms with Gasteiger partial charge in [0.05, 0.1) is 31.9 Å². The molecule has 0 unspecified atom stereocenters. The van der Waals surface area contributed by atoms with Crippen LogP contribution in [0.5, 0.6) is 11.5 Å². The first-order valence-electron chi connectivity index (χ1n) is 8.63. The van der Waals surface area contributed by atoms with E-state index in [1.165, 1.54) is 24.3 Å². The van der Waals surface area contributed by atoms with Crippen LogP contribution in [-0.4, -0.2) is 20.6 Å². The number of nitro groups is 1. The van der Waals surface area contributed by atoms with Gasteiger partial charge < -0.3 is 10.1 Å². The highest BCUT2D eigenvalue weighted by atomic mass is 79.9. The second-order valence-electron chi connectivity index (χ2n) is 6.27. The van der Waals surface area contributed by atoms with Gasteiger partial charge >= 0.3 is 0 Å². The number of carbonyl (C=O) groups is 1. The molecule has 11 heteroatoms. The van der Waals surface area contributed by atoms with Crippen LogP contribution in [0.15, 0.2) is 47.1 Å². The van der Waals surface area contributed by atoms with Crippen molar-refractivity contribution in [1.82, 2.24) is 9.78 Å². The molecule has 1 amide bonds. The van der Waals surface area contributed by atoms with Gasteiger partial charge in [-0.1, -0.05) is 23.2 Å². The molecule has 8 nitrogen and oxygen atoms in total. The predicted molar refractivity (Wildman–Crippen MR) is 118 cm³/mol. The second kappa shape index (κ2) is 9.46. The van der Waals surface area contributed by atoms with E-state index in [9.17, 15) is 14.9 Å². The number of benzene rings is 2. The van der Waals surface area contributed by atoms with Gasteiger partial charge in [0.2, 0.25) is 5.91 Å². The van der Waals surface area contributed by atoms with Crippen LogP contribution in [0.1, 0.15) is 12.1 Å². The van der Waals surface area contributed by atoms with Gasteiger partial charge in [-0.25, -0.2) is 0 Å². The number of nitrogens with zero attached hydrogens (tertiary/aromatic N) is 3. The molecule has 0 saturated carbocycles. The molecule has 1 aromatic heterocycles. The summed E-state index contributed by atoms with van der Waals surface area (Å²) in [5, 5.41) is 18.9. The number of halogens is 3. The minimum absolute atomic E-state index is 0.134. The van der Waals surface area contributed by atoms with Crippen molar-refractivity contribution in [3.05, 3.63) is 72.9 Å². The van der Waals surface area contributed by atoms with Crippen LogP contribution in [0.25, 0.3) is 0 Å². The van der Waals surface area contributed by atoms with E-state index >= 15 is 0 Å². The lowest BCUT2D eigenvalue weighted by Gasteiger charge is -2.11. The molecular weight excluding hydrogens is 499 g/mol. The Morgan fingerprint density at radius 2 is 2.07 bits per heavy atom. The number of carbonyl (C=O) groups excluding carboxylic acids is 1. The first kappa shape index (κ1) is 22.1. The molecule has 0 aliphatic rings. The molecule has 0 saturated heterocycles. The molecule has 0 fully saturated rings. The second-order valence-corrected chi connectivity index (χ2v) is 7.97. The number of amides is 1. The van der Waals surface area contributed by atoms with Crippen molar-refractivity contribution < 1.29 is 14.5 Å². The molecule has 0 spiro atoms. The number of rotatable bonds is 7. The number of aromatic nitrogens is 2. The average molecular weight is 514 g/mol. The molecule has 1 heterocycles. The van der Waals surface area contributed by atoms with Crippen molar-refractivity contribution in [2.45, 2.75) is 19.9 Å². The third kappa shape index (κ3) is 5.71. The molecule has 0 aliphatic carbocycles. The Morgan fingerprint density at radius 3 is 2.70 bits per heavy atom. The van der Waals surface area contributed by atoms with Crippen molar-refractivity contribution in [1.29, 1.82) is 0 Å². The van der Waals surface area contributed by atoms with Crippen molar-refractivity contribution in [3.8, 4) is 11.5 Å². The summed E-state index contributed by atoms with van der Waals surface area (Å²) in [5.74, 6) is 0.101. The van der Waals surface area contributed by atoms with E-state index in [4.69, 9.17) is 27.9 Å². The monoisotopic (exact) mass is 512 g/mol. The Morgan fingerprint density at radius 1 is 1.30 bits per heavy atom. The highest BCUT2D eigenvalue weighted by molar-refractivity contribution is 9.10. The van der Waals surface area contributed by atoms with Crippen LogP contribution in [0.3, 0.4) is 0 Å². The highest BCUT2D eigenvalue weighted by Crippen LogP contribution is 2.34. The summed E-state index contributed by atoms with van der Waals surface area (Å²) >= 11 is 15.3. The van der Waals surface area contributed by atoms with Crippen LogP contribution >= 0.6 is 39.1 Å². The maximum Gasteiger partial charge on any atom is 0.275 e. The molecule has 1 N–H and O–H groups in total. The molecule has 0 bridgehead atoms. The third-order valence-electron chi connectivity index (χ3n) is 3.96. The summed E-state index contributed by atoms with van der Waals surface area (Å²) in [5.41, 5.74) is 0.809. The van der Waals surface area contributed by atoms with Gasteiger partial charge in [0, 0.05) is 36.3 Å². The number of nitrogens with one attached hydrogen (secondary N) is 1. The first-order valence-corrected chi connectivity index (χ1v) is 10.2. The standard InChI is InChI=1S/C19H15BrCl2N4O4/c1-11-16(20)10-25(24-11)5-4-19(27)23-13-7-14(26(28)29)9-15(8-13)30-18-3-2-12(21)6-17(18)22/h2-3,6-10H,4-5H2,1H3,(H,23,27). The highest BCUT2D eigenvalue weighted by Gasteiger charge is 2.14.